The van der Waals surface area contributed by atoms with Crippen molar-refractivity contribution >= 4 is 82.1 Å². The molecule has 10 aromatic rings. The van der Waals surface area contributed by atoms with E-state index in [9.17, 15) is 0 Å². The third kappa shape index (κ3) is 4.06. The van der Waals surface area contributed by atoms with Crippen LogP contribution in [0.2, 0.25) is 0 Å². The maximum absolute atomic E-state index is 6.48. The van der Waals surface area contributed by atoms with Gasteiger partial charge in [-0.15, -0.1) is 0 Å². The van der Waals surface area contributed by atoms with Gasteiger partial charge in [-0.25, -0.2) is 0 Å². The molecule has 2 nitrogen and oxygen atoms in total. The molecule has 0 fully saturated rings. The summed E-state index contributed by atoms with van der Waals surface area (Å²) in [6, 6.07) is 63.2. The first kappa shape index (κ1) is 26.8. The molecule has 2 heteroatoms. The van der Waals surface area contributed by atoms with E-state index in [-0.39, 0.29) is 0 Å². The molecule has 0 aliphatic heterocycles. The van der Waals surface area contributed by atoms with Gasteiger partial charge in [-0.1, -0.05) is 133 Å². The van der Waals surface area contributed by atoms with Crippen molar-refractivity contribution in [2.24, 2.45) is 0 Å². The molecule has 1 aromatic heterocycles. The predicted octanol–water partition coefficient (Wildman–Crippen LogP) is 13.3. The Morgan fingerprint density at radius 2 is 0.896 bits per heavy atom. The standard InChI is InChI=1S/C46H29NO/c1-2-13-35(14-3-1)47(40-18-9-19-41-46(40)45-39-16-7-5-11-31(39)26-29-42(45)48-41)36-27-24-32(25-28-36)38-17-8-12-33-22-23-34-21-20-30-10-4-6-15-37(30)44(34)43(33)38/h1-29H. The topological polar surface area (TPSA) is 16.4 Å². The molecule has 1 heterocycles. The van der Waals surface area contributed by atoms with Crippen molar-refractivity contribution in [3.8, 4) is 11.1 Å². The lowest BCUT2D eigenvalue weighted by Crippen LogP contribution is -2.10. The molecule has 224 valence electrons. The Kier molecular flexibility index (Phi) is 5.91. The average Bonchev–Trinajstić information content (AvgIpc) is 3.55. The van der Waals surface area contributed by atoms with E-state index in [1.807, 2.05) is 0 Å². The van der Waals surface area contributed by atoms with Crippen LogP contribution in [0.1, 0.15) is 0 Å². The fourth-order valence-corrected chi connectivity index (χ4v) is 7.66. The fraction of sp³-hybridized carbons (Fsp3) is 0. The summed E-state index contributed by atoms with van der Waals surface area (Å²) >= 11 is 0. The molecule has 0 atom stereocenters. The van der Waals surface area contributed by atoms with Crippen LogP contribution in [0.25, 0.3) is 76.2 Å². The highest BCUT2D eigenvalue weighted by Crippen LogP contribution is 2.45. The van der Waals surface area contributed by atoms with Crippen LogP contribution < -0.4 is 4.90 Å². The van der Waals surface area contributed by atoms with E-state index in [0.29, 0.717) is 0 Å². The third-order valence-corrected chi connectivity index (χ3v) is 9.81. The molecule has 0 aliphatic rings. The van der Waals surface area contributed by atoms with E-state index >= 15 is 0 Å². The lowest BCUT2D eigenvalue weighted by atomic mass is 9.91. The van der Waals surface area contributed by atoms with Gasteiger partial charge in [-0.3, -0.25) is 0 Å². The van der Waals surface area contributed by atoms with Crippen molar-refractivity contribution in [2.75, 3.05) is 4.90 Å². The second-order valence-corrected chi connectivity index (χ2v) is 12.5. The van der Waals surface area contributed by atoms with Gasteiger partial charge >= 0.3 is 0 Å². The van der Waals surface area contributed by atoms with Crippen molar-refractivity contribution in [3.05, 3.63) is 176 Å². The Hall–Kier alpha value is -6.38. The minimum atomic E-state index is 0.881. The van der Waals surface area contributed by atoms with E-state index < -0.39 is 0 Å². The van der Waals surface area contributed by atoms with Crippen LogP contribution in [-0.4, -0.2) is 0 Å². The van der Waals surface area contributed by atoms with Gasteiger partial charge in [0.25, 0.3) is 0 Å². The fourth-order valence-electron chi connectivity index (χ4n) is 7.66. The monoisotopic (exact) mass is 611 g/mol. The second kappa shape index (κ2) is 10.6. The molecule has 10 rings (SSSR count). The van der Waals surface area contributed by atoms with Crippen molar-refractivity contribution in [1.82, 2.24) is 0 Å². The molecule has 0 radical (unpaired) electrons. The van der Waals surface area contributed by atoms with Crippen molar-refractivity contribution in [2.45, 2.75) is 0 Å². The molecular weight excluding hydrogens is 583 g/mol. The number of nitrogens with zero attached hydrogens (tertiary/aromatic N) is 1. The lowest BCUT2D eigenvalue weighted by molar-refractivity contribution is 0.669. The summed E-state index contributed by atoms with van der Waals surface area (Å²) in [6.45, 7) is 0. The van der Waals surface area contributed by atoms with E-state index in [1.165, 1.54) is 54.2 Å². The van der Waals surface area contributed by atoms with Crippen LogP contribution in [-0.2, 0) is 0 Å². The normalized spacial score (nSPS) is 11.8. The minimum absolute atomic E-state index is 0.881. The quantitative estimate of drug-likeness (QED) is 0.184. The highest BCUT2D eigenvalue weighted by molar-refractivity contribution is 6.25. The molecule has 0 N–H and O–H groups in total. The van der Waals surface area contributed by atoms with E-state index in [4.69, 9.17) is 4.42 Å². The molecule has 0 amide bonds. The van der Waals surface area contributed by atoms with Crippen LogP contribution in [0.3, 0.4) is 0 Å². The largest absolute Gasteiger partial charge is 0.456 e. The third-order valence-electron chi connectivity index (χ3n) is 9.81. The number of para-hydroxylation sites is 1. The molecule has 0 bridgehead atoms. The van der Waals surface area contributed by atoms with Gasteiger partial charge in [-0.2, -0.15) is 0 Å². The summed E-state index contributed by atoms with van der Waals surface area (Å²) in [5, 5.41) is 12.3. The maximum Gasteiger partial charge on any atom is 0.137 e. The number of furan rings is 1. The number of rotatable bonds is 4. The van der Waals surface area contributed by atoms with Gasteiger partial charge in [0.15, 0.2) is 0 Å². The molecule has 0 aliphatic carbocycles. The summed E-state index contributed by atoms with van der Waals surface area (Å²) in [5.41, 5.74) is 7.47. The highest BCUT2D eigenvalue weighted by Gasteiger charge is 2.21. The zero-order valence-electron chi connectivity index (χ0n) is 26.1. The van der Waals surface area contributed by atoms with Crippen molar-refractivity contribution in [1.29, 1.82) is 0 Å². The smallest absolute Gasteiger partial charge is 0.137 e. The number of fused-ring (bicyclic) bond motifs is 10. The first-order valence-corrected chi connectivity index (χ1v) is 16.4. The van der Waals surface area contributed by atoms with Crippen molar-refractivity contribution < 1.29 is 4.42 Å². The first-order valence-electron chi connectivity index (χ1n) is 16.4. The van der Waals surface area contributed by atoms with Gasteiger partial charge in [-0.05, 0) is 96.7 Å². The Balaban J connectivity index is 1.19. The number of benzene rings is 9. The molecular formula is C46H29NO. The van der Waals surface area contributed by atoms with E-state index in [2.05, 4.69) is 181 Å². The van der Waals surface area contributed by atoms with Crippen LogP contribution >= 0.6 is 0 Å². The van der Waals surface area contributed by atoms with E-state index in [0.717, 1.165) is 39.0 Å². The zero-order chi connectivity index (χ0) is 31.6. The SMILES string of the molecule is c1ccc(N(c2ccc(-c3cccc4ccc5ccc6ccccc6c5c34)cc2)c2cccc3oc4ccc5ccccc5c4c23)cc1. The Morgan fingerprint density at radius 3 is 1.67 bits per heavy atom. The van der Waals surface area contributed by atoms with Crippen LogP contribution in [0, 0.1) is 0 Å². The average molecular weight is 612 g/mol. The molecule has 9 aromatic carbocycles. The van der Waals surface area contributed by atoms with Crippen LogP contribution in [0.5, 0.6) is 0 Å². The Labute approximate surface area is 277 Å². The Bertz CT molecular complexity index is 2820. The number of hydrogen-bond acceptors (Lipinski definition) is 2. The second-order valence-electron chi connectivity index (χ2n) is 12.5. The number of anilines is 3. The van der Waals surface area contributed by atoms with Gasteiger partial charge in [0, 0.05) is 16.8 Å². The van der Waals surface area contributed by atoms with Crippen molar-refractivity contribution in [3.63, 3.8) is 0 Å². The number of hydrogen-bond donors (Lipinski definition) is 0. The zero-order valence-corrected chi connectivity index (χ0v) is 26.1. The molecule has 0 saturated carbocycles. The molecule has 48 heavy (non-hydrogen) atoms. The summed E-state index contributed by atoms with van der Waals surface area (Å²) in [5.74, 6) is 0. The molecule has 0 saturated heterocycles. The first-order chi connectivity index (χ1) is 23.8. The van der Waals surface area contributed by atoms with E-state index in [1.54, 1.807) is 0 Å². The summed E-state index contributed by atoms with van der Waals surface area (Å²) in [4.78, 5) is 2.36. The van der Waals surface area contributed by atoms with Gasteiger partial charge in [0.2, 0.25) is 0 Å². The van der Waals surface area contributed by atoms with Gasteiger partial charge < -0.3 is 9.32 Å². The van der Waals surface area contributed by atoms with Crippen LogP contribution in [0.4, 0.5) is 17.1 Å². The maximum atomic E-state index is 6.48. The molecule has 0 spiro atoms. The molecule has 0 unspecified atom stereocenters. The highest BCUT2D eigenvalue weighted by atomic mass is 16.3. The van der Waals surface area contributed by atoms with Crippen LogP contribution in [0.15, 0.2) is 180 Å². The summed E-state index contributed by atoms with van der Waals surface area (Å²) < 4.78 is 6.48. The van der Waals surface area contributed by atoms with Gasteiger partial charge in [0.05, 0.1) is 11.1 Å². The Morgan fingerprint density at radius 1 is 0.333 bits per heavy atom. The lowest BCUT2D eigenvalue weighted by Gasteiger charge is -2.26. The predicted molar refractivity (Wildman–Crippen MR) is 204 cm³/mol. The summed E-state index contributed by atoms with van der Waals surface area (Å²) in [7, 11) is 0. The van der Waals surface area contributed by atoms with Gasteiger partial charge in [0.1, 0.15) is 11.2 Å². The minimum Gasteiger partial charge on any atom is -0.456 e. The summed E-state index contributed by atoms with van der Waals surface area (Å²) in [6.07, 6.45) is 0.